The number of para-hydroxylation sites is 1. The number of carbonyl (C=O) groups is 14. The van der Waals surface area contributed by atoms with Crippen LogP contribution in [-0.2, 0) is 80.0 Å². The molecule has 0 aliphatic heterocycles. The van der Waals surface area contributed by atoms with Crippen molar-refractivity contribution < 1.29 is 77.3 Å². The van der Waals surface area contributed by atoms with E-state index in [1.807, 2.05) is 24.3 Å². The van der Waals surface area contributed by atoms with Crippen molar-refractivity contribution in [1.29, 1.82) is 0 Å². The molecular weight excluding hydrogens is 1510 g/mol. The molecule has 0 spiro atoms. The average molecular weight is 1630 g/mol. The van der Waals surface area contributed by atoms with Gasteiger partial charge in [-0.15, -0.1) is 0 Å². The second-order valence-electron chi connectivity index (χ2n) is 29.2. The molecule has 115 heavy (non-hydrogen) atoms. The Bertz CT molecular complexity index is 3760. The first-order chi connectivity index (χ1) is 54.4. The molecule has 15 atom stereocenters. The zero-order valence-electron chi connectivity index (χ0n) is 67.5. The van der Waals surface area contributed by atoms with E-state index >= 15 is 0 Å². The molecule has 1 aromatic heterocycles. The lowest BCUT2D eigenvalue weighted by atomic mass is 9.96. The second-order valence-corrected chi connectivity index (χ2v) is 30.2. The molecule has 0 fully saturated rings. The first-order valence-electron chi connectivity index (χ1n) is 38.8. The monoisotopic (exact) mass is 1630 g/mol. The Morgan fingerprint density at radius 1 is 0.452 bits per heavy atom. The summed E-state index contributed by atoms with van der Waals surface area (Å²) in [7, 11) is 0. The van der Waals surface area contributed by atoms with Crippen LogP contribution in [0.4, 0.5) is 0 Å². The quantitative estimate of drug-likeness (QED) is 0.0151. The number of primary amides is 1. The van der Waals surface area contributed by atoms with Gasteiger partial charge in [0.1, 0.15) is 72.5 Å². The van der Waals surface area contributed by atoms with Gasteiger partial charge in [0.05, 0.1) is 12.6 Å². The number of aliphatic imine (C=N–C) groups is 2. The lowest BCUT2D eigenvalue weighted by molar-refractivity contribution is -0.142. The van der Waals surface area contributed by atoms with Gasteiger partial charge >= 0.3 is 5.97 Å². The Balaban J connectivity index is 1.96. The zero-order valence-corrected chi connectivity index (χ0v) is 68.3. The smallest absolute Gasteiger partial charge is 0.326 e. The molecule has 0 aliphatic carbocycles. The van der Waals surface area contributed by atoms with Crippen molar-refractivity contribution in [3.8, 4) is 0 Å². The Morgan fingerprint density at radius 3 is 1.34 bits per heavy atom. The summed E-state index contributed by atoms with van der Waals surface area (Å²) in [6.07, 6.45) is 3.93. The van der Waals surface area contributed by atoms with E-state index < -0.39 is 204 Å². The highest BCUT2D eigenvalue weighted by molar-refractivity contribution is 7.98. The molecule has 0 unspecified atom stereocenters. The number of aromatic amines is 1. The van der Waals surface area contributed by atoms with E-state index in [2.05, 4.69) is 78.8 Å². The van der Waals surface area contributed by atoms with Crippen LogP contribution in [0.15, 0.2) is 70.8 Å². The summed E-state index contributed by atoms with van der Waals surface area (Å²) < 4.78 is 0. The number of aliphatic hydroxyl groups is 1. The normalized spacial score (nSPS) is 15.2. The third-order valence-electron chi connectivity index (χ3n) is 19.3. The number of carbonyl (C=O) groups excluding carboxylic acids is 13. The van der Waals surface area contributed by atoms with Gasteiger partial charge in [-0.25, -0.2) is 4.79 Å². The fraction of sp³-hybridized carbons (Fsp3) is 0.605. The number of H-pyrrole nitrogens is 1. The number of aromatic nitrogens is 1. The molecule has 29 N–H and O–H groups in total. The molecule has 2 aromatic carbocycles. The van der Waals surface area contributed by atoms with Crippen molar-refractivity contribution in [2.45, 2.75) is 231 Å². The second kappa shape index (κ2) is 51.2. The van der Waals surface area contributed by atoms with E-state index in [-0.39, 0.29) is 82.9 Å². The highest BCUT2D eigenvalue weighted by Gasteiger charge is 2.39. The van der Waals surface area contributed by atoms with E-state index in [0.717, 1.165) is 16.5 Å². The van der Waals surface area contributed by atoms with Crippen LogP contribution >= 0.6 is 11.8 Å². The van der Waals surface area contributed by atoms with Crippen LogP contribution in [0.5, 0.6) is 0 Å². The van der Waals surface area contributed by atoms with Crippen molar-refractivity contribution in [2.24, 2.45) is 73.8 Å². The number of benzene rings is 2. The van der Waals surface area contributed by atoms with Crippen LogP contribution in [0, 0.1) is 23.7 Å². The topological polar surface area (TPSA) is 646 Å². The first kappa shape index (κ1) is 98.5. The van der Waals surface area contributed by atoms with E-state index in [1.165, 1.54) is 18.7 Å². The summed E-state index contributed by atoms with van der Waals surface area (Å²) in [5, 5.41) is 52.7. The van der Waals surface area contributed by atoms with Crippen LogP contribution in [0.1, 0.15) is 150 Å². The minimum Gasteiger partial charge on any atom is -0.480 e. The van der Waals surface area contributed by atoms with Crippen molar-refractivity contribution in [2.75, 3.05) is 38.2 Å². The van der Waals surface area contributed by atoms with Gasteiger partial charge in [-0.2, -0.15) is 11.8 Å². The maximum Gasteiger partial charge on any atom is 0.326 e. The molecule has 640 valence electrons. The number of nitrogens with two attached hydrogens (primary N) is 7. The van der Waals surface area contributed by atoms with Crippen LogP contribution in [0.3, 0.4) is 0 Å². The van der Waals surface area contributed by atoms with Gasteiger partial charge in [0.15, 0.2) is 11.9 Å². The van der Waals surface area contributed by atoms with E-state index in [4.69, 9.17) is 40.1 Å². The molecule has 0 saturated heterocycles. The maximum absolute atomic E-state index is 15.0. The van der Waals surface area contributed by atoms with Crippen LogP contribution in [0.25, 0.3) is 10.9 Å². The zero-order chi connectivity index (χ0) is 86.2. The van der Waals surface area contributed by atoms with E-state index in [1.54, 1.807) is 98.2 Å². The molecule has 3 rings (SSSR count). The highest BCUT2D eigenvalue weighted by atomic mass is 32.2. The van der Waals surface area contributed by atoms with Gasteiger partial charge in [-0.3, -0.25) is 72.3 Å². The van der Waals surface area contributed by atoms with Gasteiger partial charge in [0.25, 0.3) is 0 Å². The van der Waals surface area contributed by atoms with Gasteiger partial charge in [0.2, 0.25) is 76.8 Å². The first-order valence-corrected chi connectivity index (χ1v) is 40.2. The summed E-state index contributed by atoms with van der Waals surface area (Å²) >= 11 is 1.38. The average Bonchev–Trinajstić information content (AvgIpc) is 1.71. The lowest BCUT2D eigenvalue weighted by Gasteiger charge is -2.30. The number of hydrogen-bond acceptors (Lipinski definition) is 20. The predicted octanol–water partition coefficient (Wildman–Crippen LogP) is -3.15. The van der Waals surface area contributed by atoms with Crippen molar-refractivity contribution in [1.82, 2.24) is 68.8 Å². The molecule has 1 heterocycles. The van der Waals surface area contributed by atoms with Crippen LogP contribution < -0.4 is 104 Å². The maximum atomic E-state index is 15.0. The minimum atomic E-state index is -1.85. The van der Waals surface area contributed by atoms with Gasteiger partial charge < -0.3 is 119 Å². The largest absolute Gasteiger partial charge is 0.480 e. The lowest BCUT2D eigenvalue weighted by Crippen LogP contribution is -2.62. The van der Waals surface area contributed by atoms with Crippen molar-refractivity contribution in [3.05, 3.63) is 71.9 Å². The molecule has 3 aromatic rings. The summed E-state index contributed by atoms with van der Waals surface area (Å²) in [6, 6.07) is -2.51. The Labute approximate surface area is 675 Å². The number of amides is 13. The van der Waals surface area contributed by atoms with Gasteiger partial charge in [-0.05, 0) is 131 Å². The number of rotatable bonds is 54. The van der Waals surface area contributed by atoms with E-state index in [0.29, 0.717) is 37.0 Å². The number of nitrogens with one attached hydrogen (secondary N) is 13. The molecule has 38 nitrogen and oxygen atoms in total. The number of carboxylic acid groups (broad SMARTS) is 1. The Morgan fingerprint density at radius 2 is 0.861 bits per heavy atom. The molecule has 0 saturated carbocycles. The van der Waals surface area contributed by atoms with Crippen molar-refractivity contribution >= 4 is 117 Å². The van der Waals surface area contributed by atoms with Gasteiger partial charge in [-0.1, -0.05) is 117 Å². The number of guanidine groups is 2. The SMILES string of the molecule is CC[C@H](C)[C@H](NC(=O)[C@H](CCCCN)NC(=O)[C@H](C)NC(=O)[C@@H](N)Cc1c[nH]c2ccccc12)C(=O)N[C@@H](CCCN=C(N)N)C(=O)N[C@@H](CCCN=C(N)N)C(=O)N[C@@H](Cc1ccccc1)C(=O)N[C@H](C(=O)N[C@@H](CO)C(=O)N[C@@H](CCC(N)=O)C(=O)N[C@H](C(=O)N[C@H](C(=O)N[C@@H](CCSC)C(=O)O)[C@@H](C)CC)C(C)C)C(C)C. The van der Waals surface area contributed by atoms with Crippen LogP contribution in [-0.4, -0.2) is 227 Å². The van der Waals surface area contributed by atoms with Crippen LogP contribution in [0.2, 0.25) is 0 Å². The summed E-state index contributed by atoms with van der Waals surface area (Å²) in [5.74, 6) is -15.6. The predicted molar refractivity (Wildman–Crippen MR) is 436 cm³/mol. The highest BCUT2D eigenvalue weighted by Crippen LogP contribution is 2.20. The Hall–Kier alpha value is -10.7. The molecule has 0 bridgehead atoms. The van der Waals surface area contributed by atoms with Crippen molar-refractivity contribution in [3.63, 3.8) is 0 Å². The number of hydrogen-bond donors (Lipinski definition) is 22. The fourth-order valence-electron chi connectivity index (χ4n) is 12.0. The number of unbranched alkanes of at least 4 members (excludes halogenated alkanes) is 1. The fourth-order valence-corrected chi connectivity index (χ4v) is 12.5. The molecule has 39 heteroatoms. The third-order valence-corrected chi connectivity index (χ3v) is 19.9. The Kier molecular flexibility index (Phi) is 43.9. The third kappa shape index (κ3) is 34.5. The number of fused-ring (bicyclic) bond motifs is 1. The number of carboxylic acids is 1. The minimum absolute atomic E-state index is 0.0285. The molecular formula is C76H124N22O16S. The number of aliphatic carboxylic acids is 1. The summed E-state index contributed by atoms with van der Waals surface area (Å²) in [6.45, 7) is 13.6. The molecule has 0 aliphatic rings. The molecule has 0 radical (unpaired) electrons. The van der Waals surface area contributed by atoms with Gasteiger partial charge in [0, 0.05) is 43.0 Å². The number of nitrogens with zero attached hydrogens (tertiary/aromatic N) is 2. The number of aliphatic hydroxyl groups excluding tert-OH is 1. The van der Waals surface area contributed by atoms with E-state index in [9.17, 15) is 77.3 Å². The number of thioether (sulfide) groups is 1. The summed E-state index contributed by atoms with van der Waals surface area (Å²) in [5.41, 5.74) is 42.3. The summed E-state index contributed by atoms with van der Waals surface area (Å²) in [4.78, 5) is 207. The molecule has 13 amide bonds. The standard InChI is InChI=1S/C76H124N22O16S/c1-11-42(7)60(97-66(105)50(26-18-19-32-77)88-62(101)44(9)87-63(102)48(78)37-46-38-86-49-25-17-16-24-47(46)49)72(111)91-52(28-21-34-85-76(82)83)64(103)89-51(27-20-33-84-75(80)81)65(104)93-55(36-45-22-14-13-15-23-45)68(107)96-58(40(3)4)70(109)94-56(39-99)69(108)90-53(29-30-57(79)100)67(106)95-59(41(5)6)71(110)98-61(43(8)12-2)73(112)92-54(74(113)114)31-35-115-10/h13-17,22-25,38,40-44,48,50-56,58-61,86,99H,11-12,18-21,26-37,39,77-78H2,1-10H3,(H2,79,100)(H,87,102)(H,88,101)(H,89,103)(H,90,108)(H,91,111)(H,92,112)(H,93,104)(H,94,109)(H,95,106)(H,96,107)(H,97,105)(H,98,110)(H,113,114)(H4,80,81,84)(H4,82,83,85)/t42-,43-,44-,48-,50-,51-,52-,53-,54-,55-,56-,58-,59-,60-,61-/m0/s1.